The molecule has 0 bridgehead atoms. The SMILES string of the molecule is ClCC1CCCC1CNCC1Cc2ccccc2O1. The minimum absolute atomic E-state index is 0.299. The van der Waals surface area contributed by atoms with Gasteiger partial charge >= 0.3 is 0 Å². The second kappa shape index (κ2) is 6.15. The molecule has 1 aromatic carbocycles. The van der Waals surface area contributed by atoms with Crippen LogP contribution in [0.25, 0.3) is 0 Å². The Hall–Kier alpha value is -0.730. The minimum Gasteiger partial charge on any atom is -0.488 e. The van der Waals surface area contributed by atoms with Gasteiger partial charge in [0.15, 0.2) is 0 Å². The molecule has 0 saturated heterocycles. The van der Waals surface area contributed by atoms with E-state index in [4.69, 9.17) is 16.3 Å². The predicted octanol–water partition coefficient (Wildman–Crippen LogP) is 3.23. The first kappa shape index (κ1) is 13.3. The molecule has 3 rings (SSSR count). The number of nitrogens with one attached hydrogen (secondary N) is 1. The number of hydrogen-bond donors (Lipinski definition) is 1. The van der Waals surface area contributed by atoms with E-state index >= 15 is 0 Å². The molecule has 1 heterocycles. The standard InChI is InChI=1S/C16H22ClNO/c17-9-13-5-3-6-14(13)10-18-11-15-8-12-4-1-2-7-16(12)19-15/h1-2,4,7,13-15,18H,3,5-6,8-11H2. The lowest BCUT2D eigenvalue weighted by molar-refractivity contribution is 0.222. The summed E-state index contributed by atoms with van der Waals surface area (Å²) in [5.74, 6) is 3.36. The Morgan fingerprint density at radius 3 is 2.84 bits per heavy atom. The maximum Gasteiger partial charge on any atom is 0.123 e. The van der Waals surface area contributed by atoms with Crippen molar-refractivity contribution in [3.63, 3.8) is 0 Å². The van der Waals surface area contributed by atoms with E-state index in [1.807, 2.05) is 6.07 Å². The number of rotatable bonds is 5. The first-order chi connectivity index (χ1) is 9.36. The van der Waals surface area contributed by atoms with Crippen molar-refractivity contribution in [2.24, 2.45) is 11.8 Å². The fraction of sp³-hybridized carbons (Fsp3) is 0.625. The summed E-state index contributed by atoms with van der Waals surface area (Å²) < 4.78 is 5.94. The van der Waals surface area contributed by atoms with Gasteiger partial charge in [0.25, 0.3) is 0 Å². The Bertz CT molecular complexity index is 398. The van der Waals surface area contributed by atoms with E-state index in [0.29, 0.717) is 6.10 Å². The summed E-state index contributed by atoms with van der Waals surface area (Å²) in [4.78, 5) is 0. The van der Waals surface area contributed by atoms with Gasteiger partial charge < -0.3 is 10.1 Å². The molecule has 1 saturated carbocycles. The Kier molecular flexibility index (Phi) is 4.29. The highest BCUT2D eigenvalue weighted by molar-refractivity contribution is 6.18. The van der Waals surface area contributed by atoms with E-state index < -0.39 is 0 Å². The second-order valence-corrected chi connectivity index (χ2v) is 6.12. The molecule has 0 aromatic heterocycles. The molecule has 3 unspecified atom stereocenters. The Morgan fingerprint density at radius 1 is 1.16 bits per heavy atom. The van der Waals surface area contributed by atoms with E-state index in [1.54, 1.807) is 0 Å². The van der Waals surface area contributed by atoms with Gasteiger partial charge in [-0.25, -0.2) is 0 Å². The highest BCUT2D eigenvalue weighted by Gasteiger charge is 2.27. The Balaban J connectivity index is 1.42. The van der Waals surface area contributed by atoms with Gasteiger partial charge in [-0.15, -0.1) is 11.6 Å². The number of alkyl halides is 1. The van der Waals surface area contributed by atoms with Gasteiger partial charge in [-0.3, -0.25) is 0 Å². The number of benzene rings is 1. The number of ether oxygens (including phenoxy) is 1. The fourth-order valence-corrected chi connectivity index (χ4v) is 3.79. The molecule has 3 atom stereocenters. The van der Waals surface area contributed by atoms with Gasteiger partial charge in [0.2, 0.25) is 0 Å². The molecular formula is C16H22ClNO. The summed E-state index contributed by atoms with van der Waals surface area (Å²) in [5, 5.41) is 3.58. The van der Waals surface area contributed by atoms with Crippen molar-refractivity contribution in [2.75, 3.05) is 19.0 Å². The normalized spacial score (nSPS) is 29.2. The van der Waals surface area contributed by atoms with E-state index in [0.717, 1.165) is 43.0 Å². The van der Waals surface area contributed by atoms with E-state index in [9.17, 15) is 0 Å². The average molecular weight is 280 g/mol. The predicted molar refractivity (Wildman–Crippen MR) is 79.0 cm³/mol. The van der Waals surface area contributed by atoms with Crippen LogP contribution >= 0.6 is 11.6 Å². The molecule has 1 aromatic rings. The lowest BCUT2D eigenvalue weighted by atomic mass is 9.98. The molecule has 1 aliphatic heterocycles. The third-order valence-electron chi connectivity index (χ3n) is 4.51. The fourth-order valence-electron chi connectivity index (χ4n) is 3.38. The summed E-state index contributed by atoms with van der Waals surface area (Å²) >= 11 is 6.02. The molecule has 1 N–H and O–H groups in total. The number of hydrogen-bond acceptors (Lipinski definition) is 2. The van der Waals surface area contributed by atoms with E-state index in [2.05, 4.69) is 23.5 Å². The zero-order chi connectivity index (χ0) is 13.1. The molecule has 0 radical (unpaired) electrons. The van der Waals surface area contributed by atoms with E-state index in [1.165, 1.54) is 24.8 Å². The summed E-state index contributed by atoms with van der Waals surface area (Å²) in [6.07, 6.45) is 5.31. The molecule has 0 amide bonds. The number of halogens is 1. The molecule has 1 aliphatic carbocycles. The maximum absolute atomic E-state index is 6.02. The van der Waals surface area contributed by atoms with Crippen LogP contribution in [0.15, 0.2) is 24.3 Å². The number of para-hydroxylation sites is 1. The van der Waals surface area contributed by atoms with Crippen LogP contribution in [0.1, 0.15) is 24.8 Å². The molecule has 0 spiro atoms. The van der Waals surface area contributed by atoms with Crippen LogP contribution in [0.2, 0.25) is 0 Å². The van der Waals surface area contributed by atoms with Crippen LogP contribution in [-0.2, 0) is 6.42 Å². The minimum atomic E-state index is 0.299. The second-order valence-electron chi connectivity index (χ2n) is 5.82. The van der Waals surface area contributed by atoms with Crippen molar-refractivity contribution in [3.8, 4) is 5.75 Å². The molecule has 2 aliphatic rings. The monoisotopic (exact) mass is 279 g/mol. The largest absolute Gasteiger partial charge is 0.488 e. The Labute approximate surface area is 120 Å². The van der Waals surface area contributed by atoms with Crippen LogP contribution in [0.4, 0.5) is 0 Å². The zero-order valence-corrected chi connectivity index (χ0v) is 12.0. The van der Waals surface area contributed by atoms with Crippen LogP contribution in [0, 0.1) is 11.8 Å². The zero-order valence-electron chi connectivity index (χ0n) is 11.3. The van der Waals surface area contributed by atoms with Gasteiger partial charge in [-0.2, -0.15) is 0 Å². The van der Waals surface area contributed by atoms with Crippen LogP contribution in [0.5, 0.6) is 5.75 Å². The van der Waals surface area contributed by atoms with Crippen molar-refractivity contribution < 1.29 is 4.74 Å². The highest BCUT2D eigenvalue weighted by atomic mass is 35.5. The van der Waals surface area contributed by atoms with Gasteiger partial charge in [-0.05, 0) is 42.9 Å². The highest BCUT2D eigenvalue weighted by Crippen LogP contribution is 2.32. The topological polar surface area (TPSA) is 21.3 Å². The summed E-state index contributed by atoms with van der Waals surface area (Å²) in [6, 6.07) is 8.35. The summed E-state index contributed by atoms with van der Waals surface area (Å²) in [5.41, 5.74) is 1.34. The number of fused-ring (bicyclic) bond motifs is 1. The third kappa shape index (κ3) is 3.06. The quantitative estimate of drug-likeness (QED) is 0.836. The summed E-state index contributed by atoms with van der Waals surface area (Å²) in [6.45, 7) is 2.04. The first-order valence-corrected chi connectivity index (χ1v) is 7.91. The van der Waals surface area contributed by atoms with Crippen molar-refractivity contribution >= 4 is 11.6 Å². The third-order valence-corrected chi connectivity index (χ3v) is 4.90. The van der Waals surface area contributed by atoms with Gasteiger partial charge in [0.05, 0.1) is 0 Å². The molecule has 19 heavy (non-hydrogen) atoms. The van der Waals surface area contributed by atoms with Crippen LogP contribution < -0.4 is 10.1 Å². The lowest BCUT2D eigenvalue weighted by Crippen LogP contribution is -2.34. The lowest BCUT2D eigenvalue weighted by Gasteiger charge is -2.19. The van der Waals surface area contributed by atoms with Gasteiger partial charge in [0, 0.05) is 18.8 Å². The van der Waals surface area contributed by atoms with E-state index in [-0.39, 0.29) is 0 Å². The van der Waals surface area contributed by atoms with Crippen LogP contribution in [-0.4, -0.2) is 25.1 Å². The molecule has 2 nitrogen and oxygen atoms in total. The molecular weight excluding hydrogens is 258 g/mol. The van der Waals surface area contributed by atoms with Gasteiger partial charge in [-0.1, -0.05) is 24.6 Å². The van der Waals surface area contributed by atoms with Gasteiger partial charge in [0.1, 0.15) is 11.9 Å². The molecule has 104 valence electrons. The first-order valence-electron chi connectivity index (χ1n) is 7.38. The Morgan fingerprint density at radius 2 is 2.00 bits per heavy atom. The smallest absolute Gasteiger partial charge is 0.123 e. The maximum atomic E-state index is 6.02. The average Bonchev–Trinajstić information content (AvgIpc) is 3.04. The molecule has 1 fully saturated rings. The van der Waals surface area contributed by atoms with Crippen LogP contribution in [0.3, 0.4) is 0 Å². The van der Waals surface area contributed by atoms with Crippen molar-refractivity contribution in [1.29, 1.82) is 0 Å². The van der Waals surface area contributed by atoms with Crippen molar-refractivity contribution in [1.82, 2.24) is 5.32 Å². The molecule has 3 heteroatoms. The van der Waals surface area contributed by atoms with Crippen molar-refractivity contribution in [3.05, 3.63) is 29.8 Å². The summed E-state index contributed by atoms with van der Waals surface area (Å²) in [7, 11) is 0. The van der Waals surface area contributed by atoms with Crippen molar-refractivity contribution in [2.45, 2.75) is 31.8 Å².